The van der Waals surface area contributed by atoms with E-state index in [1.165, 1.54) is 17.2 Å². The molecule has 0 fully saturated rings. The van der Waals surface area contributed by atoms with E-state index in [0.717, 1.165) is 17.0 Å². The molecule has 0 aliphatic carbocycles. The molecule has 0 amide bonds. The van der Waals surface area contributed by atoms with E-state index >= 15 is 0 Å². The molecule has 1 N–H and O–H groups in total. The number of nitrogens with zero attached hydrogens (tertiary/aromatic N) is 1. The Hall–Kier alpha value is -2.42. The fourth-order valence-corrected chi connectivity index (χ4v) is 2.88. The molecule has 3 rings (SSSR count). The quantitative estimate of drug-likeness (QED) is 0.445. The van der Waals surface area contributed by atoms with Crippen LogP contribution in [0.4, 0.5) is 4.39 Å². The number of H-pyrrole nitrogens is 1. The molecule has 2 aromatic carbocycles. The highest BCUT2D eigenvalue weighted by Crippen LogP contribution is 2.20. The van der Waals surface area contributed by atoms with Crippen molar-refractivity contribution >= 4 is 0 Å². The van der Waals surface area contributed by atoms with Crippen molar-refractivity contribution in [1.29, 1.82) is 0 Å². The topological polar surface area (TPSA) is 28.7 Å². The summed E-state index contributed by atoms with van der Waals surface area (Å²) >= 11 is 0. The van der Waals surface area contributed by atoms with Crippen molar-refractivity contribution < 1.29 is 4.39 Å². The number of hydrogen-bond donors (Lipinski definition) is 1. The summed E-state index contributed by atoms with van der Waals surface area (Å²) in [7, 11) is 0. The molecular formula is C28H41FN2. The highest BCUT2D eigenvalue weighted by Gasteiger charge is 2.02. The van der Waals surface area contributed by atoms with Crippen LogP contribution in [0.25, 0.3) is 0 Å². The fourth-order valence-electron chi connectivity index (χ4n) is 2.88. The molecule has 0 unspecified atom stereocenters. The normalized spacial score (nSPS) is 10.8. The van der Waals surface area contributed by atoms with Gasteiger partial charge in [-0.1, -0.05) is 91.8 Å². The number of aromatic nitrogens is 2. The Morgan fingerprint density at radius 1 is 0.645 bits per heavy atom. The number of aromatic amines is 1. The van der Waals surface area contributed by atoms with Gasteiger partial charge in [-0.25, -0.2) is 4.39 Å². The molecule has 0 saturated heterocycles. The second-order valence-corrected chi connectivity index (χ2v) is 9.32. The molecule has 0 aliphatic heterocycles. The van der Waals surface area contributed by atoms with Gasteiger partial charge in [0.05, 0.1) is 5.69 Å². The zero-order chi connectivity index (χ0) is 23.6. The molecule has 1 aromatic heterocycles. The summed E-state index contributed by atoms with van der Waals surface area (Å²) in [6.45, 7) is 19.3. The molecule has 31 heavy (non-hydrogen) atoms. The Balaban J connectivity index is 0.000000235. The second-order valence-electron chi connectivity index (χ2n) is 9.32. The summed E-state index contributed by atoms with van der Waals surface area (Å²) in [5, 5.41) is 6.99. The number of halogens is 1. The molecule has 170 valence electrons. The maximum atomic E-state index is 12.5. The third kappa shape index (κ3) is 9.95. The minimum atomic E-state index is -0.147. The van der Waals surface area contributed by atoms with E-state index in [0.29, 0.717) is 23.7 Å². The van der Waals surface area contributed by atoms with E-state index in [2.05, 4.69) is 95.9 Å². The molecule has 1 heterocycles. The first-order valence-corrected chi connectivity index (χ1v) is 11.4. The van der Waals surface area contributed by atoms with Crippen LogP contribution in [-0.2, 0) is 0 Å². The highest BCUT2D eigenvalue weighted by atomic mass is 19.1. The van der Waals surface area contributed by atoms with Crippen LogP contribution in [0.15, 0.2) is 54.6 Å². The van der Waals surface area contributed by atoms with Gasteiger partial charge in [0.25, 0.3) is 0 Å². The van der Waals surface area contributed by atoms with Gasteiger partial charge < -0.3 is 0 Å². The Labute approximate surface area is 189 Å². The van der Waals surface area contributed by atoms with Gasteiger partial charge in [0.1, 0.15) is 5.82 Å². The van der Waals surface area contributed by atoms with Crippen LogP contribution in [0.1, 0.15) is 107 Å². The molecule has 3 aromatic rings. The summed E-state index contributed by atoms with van der Waals surface area (Å²) in [4.78, 5) is 0. The fraction of sp³-hybridized carbons (Fsp3) is 0.464. The smallest absolute Gasteiger partial charge is 0.123 e. The van der Waals surface area contributed by atoms with Crippen LogP contribution < -0.4 is 0 Å². The number of rotatable bonds is 4. The van der Waals surface area contributed by atoms with Gasteiger partial charge in [-0.2, -0.15) is 5.10 Å². The molecule has 0 bridgehead atoms. The van der Waals surface area contributed by atoms with E-state index in [1.807, 2.05) is 13.0 Å². The molecular weight excluding hydrogens is 383 g/mol. The molecule has 0 radical (unpaired) electrons. The van der Waals surface area contributed by atoms with Gasteiger partial charge in [-0.05, 0) is 65.5 Å². The van der Waals surface area contributed by atoms with Crippen LogP contribution in [-0.4, -0.2) is 10.2 Å². The SMILES string of the molecule is CC(C)c1cccc(C(C)C)c1.CC(C)c1cccc(F)c1.Cc1cc(C(C)C)n[nH]1. The lowest BCUT2D eigenvalue weighted by Crippen LogP contribution is -1.91. The first kappa shape index (κ1) is 26.6. The Bertz CT molecular complexity index is 868. The summed E-state index contributed by atoms with van der Waals surface area (Å²) in [6, 6.07) is 17.7. The van der Waals surface area contributed by atoms with Crippen LogP contribution in [0.3, 0.4) is 0 Å². The van der Waals surface area contributed by atoms with Crippen LogP contribution in [0, 0.1) is 12.7 Å². The van der Waals surface area contributed by atoms with Gasteiger partial charge in [0.15, 0.2) is 0 Å². The van der Waals surface area contributed by atoms with Crippen molar-refractivity contribution in [3.63, 3.8) is 0 Å². The van der Waals surface area contributed by atoms with E-state index < -0.39 is 0 Å². The van der Waals surface area contributed by atoms with E-state index in [1.54, 1.807) is 12.1 Å². The van der Waals surface area contributed by atoms with Crippen molar-refractivity contribution in [2.24, 2.45) is 0 Å². The Morgan fingerprint density at radius 3 is 1.39 bits per heavy atom. The zero-order valence-electron chi connectivity index (χ0n) is 20.8. The number of nitrogens with one attached hydrogen (secondary N) is 1. The summed E-state index contributed by atoms with van der Waals surface area (Å²) in [5.74, 6) is 2.09. The monoisotopic (exact) mass is 424 g/mol. The Morgan fingerprint density at radius 2 is 1.10 bits per heavy atom. The summed E-state index contributed by atoms with van der Waals surface area (Å²) in [6.07, 6.45) is 0. The summed E-state index contributed by atoms with van der Waals surface area (Å²) < 4.78 is 12.5. The van der Waals surface area contributed by atoms with Crippen molar-refractivity contribution in [2.75, 3.05) is 0 Å². The van der Waals surface area contributed by atoms with Gasteiger partial charge in [-0.15, -0.1) is 0 Å². The maximum Gasteiger partial charge on any atom is 0.123 e. The van der Waals surface area contributed by atoms with E-state index in [-0.39, 0.29) is 5.82 Å². The number of aryl methyl sites for hydroxylation is 1. The van der Waals surface area contributed by atoms with Crippen molar-refractivity contribution in [2.45, 2.75) is 86.0 Å². The average Bonchev–Trinajstić information content (AvgIpc) is 3.16. The lowest BCUT2D eigenvalue weighted by Gasteiger charge is -2.09. The molecule has 0 saturated carbocycles. The van der Waals surface area contributed by atoms with Crippen molar-refractivity contribution in [3.8, 4) is 0 Å². The molecule has 0 aliphatic rings. The lowest BCUT2D eigenvalue weighted by atomic mass is 9.96. The average molecular weight is 425 g/mol. The maximum absolute atomic E-state index is 12.5. The largest absolute Gasteiger partial charge is 0.283 e. The number of benzene rings is 2. The van der Waals surface area contributed by atoms with Crippen LogP contribution >= 0.6 is 0 Å². The number of hydrogen-bond acceptors (Lipinski definition) is 1. The summed E-state index contributed by atoms with van der Waals surface area (Å²) in [5.41, 5.74) is 6.23. The molecule has 0 spiro atoms. The first-order chi connectivity index (χ1) is 14.5. The third-order valence-corrected chi connectivity index (χ3v) is 5.08. The minimum absolute atomic E-state index is 0.147. The van der Waals surface area contributed by atoms with Crippen LogP contribution in [0.2, 0.25) is 0 Å². The lowest BCUT2D eigenvalue weighted by molar-refractivity contribution is 0.623. The van der Waals surface area contributed by atoms with Gasteiger partial charge in [0, 0.05) is 5.69 Å². The van der Waals surface area contributed by atoms with Crippen molar-refractivity contribution in [3.05, 3.63) is 88.5 Å². The minimum Gasteiger partial charge on any atom is -0.283 e. The van der Waals surface area contributed by atoms with E-state index in [9.17, 15) is 4.39 Å². The molecule has 2 nitrogen and oxygen atoms in total. The van der Waals surface area contributed by atoms with Gasteiger partial charge >= 0.3 is 0 Å². The highest BCUT2D eigenvalue weighted by molar-refractivity contribution is 5.27. The standard InChI is InChI=1S/C12H18.C9H11F.C7H12N2/c1-9(2)11-6-5-7-12(8-11)10(3)4;1-7(2)8-4-3-5-9(10)6-8;1-5(2)7-4-6(3)8-9-7/h5-10H,1-4H3;3-7H,1-2H3;4-5H,1-3H3,(H,8,9). The Kier molecular flexibility index (Phi) is 11.2. The predicted octanol–water partition coefficient (Wildman–Crippen LogP) is 8.72. The first-order valence-electron chi connectivity index (χ1n) is 11.4. The molecule has 3 heteroatoms. The van der Waals surface area contributed by atoms with Gasteiger partial charge in [-0.3, -0.25) is 5.10 Å². The van der Waals surface area contributed by atoms with E-state index in [4.69, 9.17) is 0 Å². The zero-order valence-corrected chi connectivity index (χ0v) is 20.8. The van der Waals surface area contributed by atoms with Gasteiger partial charge in [0.2, 0.25) is 0 Å². The second kappa shape index (κ2) is 13.1. The van der Waals surface area contributed by atoms with Crippen molar-refractivity contribution in [1.82, 2.24) is 10.2 Å². The predicted molar refractivity (Wildman–Crippen MR) is 133 cm³/mol. The van der Waals surface area contributed by atoms with Crippen LogP contribution in [0.5, 0.6) is 0 Å². The molecule has 0 atom stereocenters. The third-order valence-electron chi connectivity index (χ3n) is 5.08.